The first-order chi connectivity index (χ1) is 5.15. The van der Waals surface area contributed by atoms with Crippen molar-refractivity contribution in [2.75, 3.05) is 0 Å². The molecule has 1 rings (SSSR count). The van der Waals surface area contributed by atoms with Crippen molar-refractivity contribution >= 4 is 39.1 Å². The summed E-state index contributed by atoms with van der Waals surface area (Å²) >= 11 is 15.0. The lowest BCUT2D eigenvalue weighted by molar-refractivity contribution is 1.33. The molecule has 0 saturated heterocycles. The van der Waals surface area contributed by atoms with Crippen LogP contribution in [0.3, 0.4) is 0 Å². The van der Waals surface area contributed by atoms with E-state index in [9.17, 15) is 0 Å². The van der Waals surface area contributed by atoms with Crippen LogP contribution in [0, 0.1) is 6.92 Å². The lowest BCUT2D eigenvalue weighted by Crippen LogP contribution is -1.83. The molecule has 0 radical (unpaired) electrons. The molecular weight excluding hydrogens is 247 g/mol. The second-order valence-electron chi connectivity index (χ2n) is 2.35. The van der Waals surface area contributed by atoms with Crippen LogP contribution in [0.1, 0.15) is 11.1 Å². The molecule has 0 heterocycles. The fourth-order valence-corrected chi connectivity index (χ4v) is 1.96. The zero-order valence-corrected chi connectivity index (χ0v) is 9.09. The van der Waals surface area contributed by atoms with E-state index in [1.165, 1.54) is 0 Å². The van der Waals surface area contributed by atoms with Gasteiger partial charge in [-0.2, -0.15) is 0 Å². The average molecular weight is 254 g/mol. The number of halogens is 3. The summed E-state index contributed by atoms with van der Waals surface area (Å²) < 4.78 is 0.912. The third kappa shape index (κ3) is 2.11. The van der Waals surface area contributed by atoms with Crippen molar-refractivity contribution in [2.24, 2.45) is 0 Å². The standard InChI is InChI=1S/C8H7BrCl2/c1-5-2-6(4-10)8(11)7(9)3-5/h2-3H,4H2,1H3. The maximum absolute atomic E-state index is 5.93. The van der Waals surface area contributed by atoms with E-state index in [2.05, 4.69) is 15.9 Å². The minimum absolute atomic E-state index is 0.457. The molecule has 0 bridgehead atoms. The first kappa shape index (κ1) is 9.37. The molecule has 0 aliphatic heterocycles. The highest BCUT2D eigenvalue weighted by atomic mass is 79.9. The van der Waals surface area contributed by atoms with Gasteiger partial charge in [-0.25, -0.2) is 0 Å². The summed E-state index contributed by atoms with van der Waals surface area (Å²) in [5.41, 5.74) is 2.14. The van der Waals surface area contributed by atoms with Crippen molar-refractivity contribution in [1.29, 1.82) is 0 Å². The van der Waals surface area contributed by atoms with Crippen molar-refractivity contribution < 1.29 is 0 Å². The molecule has 0 fully saturated rings. The van der Waals surface area contributed by atoms with Crippen molar-refractivity contribution in [3.8, 4) is 0 Å². The second kappa shape index (κ2) is 3.79. The molecule has 0 aromatic heterocycles. The molecule has 1 aromatic rings. The molecule has 3 heteroatoms. The Balaban J connectivity index is 3.24. The number of alkyl halides is 1. The lowest BCUT2D eigenvalue weighted by Gasteiger charge is -2.03. The zero-order valence-electron chi connectivity index (χ0n) is 6.00. The van der Waals surface area contributed by atoms with Gasteiger partial charge >= 0.3 is 0 Å². The van der Waals surface area contributed by atoms with Gasteiger partial charge in [0.2, 0.25) is 0 Å². The summed E-state index contributed by atoms with van der Waals surface area (Å²) in [7, 11) is 0. The van der Waals surface area contributed by atoms with E-state index in [1.807, 2.05) is 19.1 Å². The highest BCUT2D eigenvalue weighted by Gasteiger charge is 2.03. The van der Waals surface area contributed by atoms with Gasteiger partial charge in [-0.3, -0.25) is 0 Å². The molecule has 0 unspecified atom stereocenters. The monoisotopic (exact) mass is 252 g/mol. The Morgan fingerprint density at radius 3 is 2.64 bits per heavy atom. The van der Waals surface area contributed by atoms with Gasteiger partial charge in [-0.15, -0.1) is 11.6 Å². The van der Waals surface area contributed by atoms with Gasteiger partial charge in [0.25, 0.3) is 0 Å². The molecule has 0 atom stereocenters. The van der Waals surface area contributed by atoms with Gasteiger partial charge in [0.1, 0.15) is 0 Å². The Bertz CT molecular complexity index is 271. The van der Waals surface area contributed by atoms with Crippen LogP contribution in [0.4, 0.5) is 0 Å². The molecule has 0 aliphatic carbocycles. The molecular formula is C8H7BrCl2. The van der Waals surface area contributed by atoms with Crippen molar-refractivity contribution in [3.05, 3.63) is 32.8 Å². The molecule has 1 aromatic carbocycles. The maximum atomic E-state index is 5.93. The van der Waals surface area contributed by atoms with Crippen LogP contribution in [0.15, 0.2) is 16.6 Å². The van der Waals surface area contributed by atoms with Crippen molar-refractivity contribution in [3.63, 3.8) is 0 Å². The lowest BCUT2D eigenvalue weighted by atomic mass is 10.2. The zero-order chi connectivity index (χ0) is 8.43. The third-order valence-corrected chi connectivity index (χ3v) is 2.98. The van der Waals surface area contributed by atoms with E-state index in [0.29, 0.717) is 10.9 Å². The van der Waals surface area contributed by atoms with Crippen LogP contribution in [-0.4, -0.2) is 0 Å². The highest BCUT2D eigenvalue weighted by molar-refractivity contribution is 9.10. The van der Waals surface area contributed by atoms with Gasteiger partial charge in [0, 0.05) is 10.4 Å². The fourth-order valence-electron chi connectivity index (χ4n) is 0.894. The molecule has 0 aliphatic rings. The van der Waals surface area contributed by atoms with Crippen LogP contribution in [-0.2, 0) is 5.88 Å². The molecule has 0 saturated carbocycles. The molecule has 0 N–H and O–H groups in total. The fraction of sp³-hybridized carbons (Fsp3) is 0.250. The summed E-state index contributed by atoms with van der Waals surface area (Å²) in [6, 6.07) is 3.96. The summed E-state index contributed by atoms with van der Waals surface area (Å²) in [5.74, 6) is 0.457. The molecule has 0 spiro atoms. The van der Waals surface area contributed by atoms with Gasteiger partial charge in [-0.05, 0) is 40.0 Å². The van der Waals surface area contributed by atoms with E-state index in [-0.39, 0.29) is 0 Å². The summed E-state index contributed by atoms with van der Waals surface area (Å²) in [5, 5.41) is 0.714. The third-order valence-electron chi connectivity index (χ3n) is 1.39. The summed E-state index contributed by atoms with van der Waals surface area (Å²) in [6.07, 6.45) is 0. The van der Waals surface area contributed by atoms with Gasteiger partial charge in [0.05, 0.1) is 5.02 Å². The van der Waals surface area contributed by atoms with Crippen molar-refractivity contribution in [2.45, 2.75) is 12.8 Å². The molecule has 0 amide bonds. The Morgan fingerprint density at radius 2 is 2.09 bits per heavy atom. The Hall–Kier alpha value is 0.280. The molecule has 11 heavy (non-hydrogen) atoms. The van der Waals surface area contributed by atoms with Crippen LogP contribution in [0.2, 0.25) is 5.02 Å². The number of aryl methyl sites for hydroxylation is 1. The first-order valence-electron chi connectivity index (χ1n) is 3.15. The van der Waals surface area contributed by atoms with E-state index in [1.54, 1.807) is 0 Å². The number of hydrogen-bond donors (Lipinski definition) is 0. The number of hydrogen-bond acceptors (Lipinski definition) is 0. The number of rotatable bonds is 1. The highest BCUT2D eigenvalue weighted by Crippen LogP contribution is 2.28. The van der Waals surface area contributed by atoms with E-state index < -0.39 is 0 Å². The Labute approximate surface area is 84.6 Å². The van der Waals surface area contributed by atoms with E-state index in [0.717, 1.165) is 15.6 Å². The second-order valence-corrected chi connectivity index (χ2v) is 3.85. The van der Waals surface area contributed by atoms with Crippen LogP contribution in [0.25, 0.3) is 0 Å². The number of benzene rings is 1. The van der Waals surface area contributed by atoms with Crippen LogP contribution >= 0.6 is 39.1 Å². The maximum Gasteiger partial charge on any atom is 0.0592 e. The minimum Gasteiger partial charge on any atom is -0.121 e. The minimum atomic E-state index is 0.457. The van der Waals surface area contributed by atoms with Crippen molar-refractivity contribution in [1.82, 2.24) is 0 Å². The smallest absolute Gasteiger partial charge is 0.0592 e. The van der Waals surface area contributed by atoms with E-state index in [4.69, 9.17) is 23.2 Å². The SMILES string of the molecule is Cc1cc(Br)c(Cl)c(CCl)c1. The Morgan fingerprint density at radius 1 is 1.45 bits per heavy atom. The van der Waals surface area contributed by atoms with Crippen LogP contribution in [0.5, 0.6) is 0 Å². The predicted octanol–water partition coefficient (Wildman–Crippen LogP) is 4.15. The summed E-state index contributed by atoms with van der Waals surface area (Å²) in [6.45, 7) is 2.01. The molecule has 60 valence electrons. The predicted molar refractivity (Wildman–Crippen MR) is 53.4 cm³/mol. The average Bonchev–Trinajstić information content (AvgIpc) is 1.96. The topological polar surface area (TPSA) is 0 Å². The summed E-state index contributed by atoms with van der Waals surface area (Å²) in [4.78, 5) is 0. The van der Waals surface area contributed by atoms with Gasteiger partial charge in [0.15, 0.2) is 0 Å². The first-order valence-corrected chi connectivity index (χ1v) is 4.86. The normalized spacial score (nSPS) is 10.2. The van der Waals surface area contributed by atoms with Gasteiger partial charge < -0.3 is 0 Å². The van der Waals surface area contributed by atoms with E-state index >= 15 is 0 Å². The Kier molecular flexibility index (Phi) is 3.23. The molecule has 0 nitrogen and oxygen atoms in total. The van der Waals surface area contributed by atoms with Gasteiger partial charge in [-0.1, -0.05) is 17.7 Å². The van der Waals surface area contributed by atoms with Crippen LogP contribution < -0.4 is 0 Å². The quantitative estimate of drug-likeness (QED) is 0.660. The largest absolute Gasteiger partial charge is 0.121 e.